The molecule has 26 heavy (non-hydrogen) atoms. The number of carbonyl (C=O) groups excluding carboxylic acids is 2. The van der Waals surface area contributed by atoms with Crippen LogP contribution in [0.15, 0.2) is 48.5 Å². The SMILES string of the molecule is COC1CC2C(=O)Nc3ccc(C=Cc4ccccc4)cc3C(=O)N2C1. The van der Waals surface area contributed by atoms with Gasteiger partial charge < -0.3 is 15.0 Å². The number of fused-ring (bicyclic) bond motifs is 2. The summed E-state index contributed by atoms with van der Waals surface area (Å²) in [5, 5.41) is 2.89. The second kappa shape index (κ2) is 6.77. The number of nitrogens with zero attached hydrogens (tertiary/aromatic N) is 1. The van der Waals surface area contributed by atoms with E-state index in [1.165, 1.54) is 0 Å². The molecule has 132 valence electrons. The summed E-state index contributed by atoms with van der Waals surface area (Å²) < 4.78 is 5.35. The standard InChI is InChI=1S/C21H20N2O3/c1-26-16-12-19-20(24)22-18-10-9-15(8-7-14-5-3-2-4-6-14)11-17(18)21(25)23(19)13-16/h2-11,16,19H,12-13H2,1H3,(H,22,24). The van der Waals surface area contributed by atoms with Crippen LogP contribution in [0, 0.1) is 0 Å². The average molecular weight is 348 g/mol. The van der Waals surface area contributed by atoms with E-state index in [9.17, 15) is 9.59 Å². The maximum Gasteiger partial charge on any atom is 0.256 e. The molecule has 2 aliphatic rings. The maximum absolute atomic E-state index is 13.0. The summed E-state index contributed by atoms with van der Waals surface area (Å²) >= 11 is 0. The van der Waals surface area contributed by atoms with E-state index in [1.54, 1.807) is 18.1 Å². The van der Waals surface area contributed by atoms with Crippen LogP contribution in [0.4, 0.5) is 5.69 Å². The summed E-state index contributed by atoms with van der Waals surface area (Å²) in [5.74, 6) is -0.276. The molecule has 5 nitrogen and oxygen atoms in total. The Morgan fingerprint density at radius 2 is 1.85 bits per heavy atom. The van der Waals surface area contributed by atoms with Gasteiger partial charge in [-0.15, -0.1) is 0 Å². The molecule has 1 saturated heterocycles. The van der Waals surface area contributed by atoms with Crippen LogP contribution in [0.1, 0.15) is 27.9 Å². The summed E-state index contributed by atoms with van der Waals surface area (Å²) in [6.07, 6.45) is 4.40. The smallest absolute Gasteiger partial charge is 0.256 e. The van der Waals surface area contributed by atoms with Crippen molar-refractivity contribution in [3.05, 3.63) is 65.2 Å². The topological polar surface area (TPSA) is 58.6 Å². The first-order chi connectivity index (χ1) is 12.7. The first kappa shape index (κ1) is 16.5. The summed E-state index contributed by atoms with van der Waals surface area (Å²) in [4.78, 5) is 27.1. The van der Waals surface area contributed by atoms with E-state index in [2.05, 4.69) is 5.32 Å². The van der Waals surface area contributed by atoms with E-state index in [0.717, 1.165) is 11.1 Å². The third-order valence-electron chi connectivity index (χ3n) is 4.96. The molecular weight excluding hydrogens is 328 g/mol. The van der Waals surface area contributed by atoms with Gasteiger partial charge in [-0.25, -0.2) is 0 Å². The van der Waals surface area contributed by atoms with Crippen LogP contribution in [0.3, 0.4) is 0 Å². The van der Waals surface area contributed by atoms with Gasteiger partial charge in [-0.1, -0.05) is 48.6 Å². The van der Waals surface area contributed by atoms with Crippen molar-refractivity contribution in [2.45, 2.75) is 18.6 Å². The third-order valence-corrected chi connectivity index (χ3v) is 4.96. The van der Waals surface area contributed by atoms with Gasteiger partial charge in [0.2, 0.25) is 5.91 Å². The van der Waals surface area contributed by atoms with Crippen molar-refractivity contribution in [2.24, 2.45) is 0 Å². The summed E-state index contributed by atoms with van der Waals surface area (Å²) in [5.41, 5.74) is 3.09. The lowest BCUT2D eigenvalue weighted by molar-refractivity contribution is -0.119. The number of nitrogens with one attached hydrogen (secondary N) is 1. The van der Waals surface area contributed by atoms with E-state index in [1.807, 2.05) is 54.6 Å². The van der Waals surface area contributed by atoms with Gasteiger partial charge in [-0.05, 0) is 23.3 Å². The molecule has 1 N–H and O–H groups in total. The number of carbonyl (C=O) groups is 2. The number of anilines is 1. The summed E-state index contributed by atoms with van der Waals surface area (Å²) in [7, 11) is 1.61. The second-order valence-corrected chi connectivity index (χ2v) is 6.61. The van der Waals surface area contributed by atoms with Gasteiger partial charge >= 0.3 is 0 Å². The molecule has 2 heterocycles. The zero-order valence-electron chi connectivity index (χ0n) is 14.5. The molecule has 0 radical (unpaired) electrons. The van der Waals surface area contributed by atoms with Crippen LogP contribution in [0.2, 0.25) is 0 Å². The zero-order chi connectivity index (χ0) is 18.1. The van der Waals surface area contributed by atoms with E-state index >= 15 is 0 Å². The first-order valence-electron chi connectivity index (χ1n) is 8.67. The van der Waals surface area contributed by atoms with Gasteiger partial charge in [0.25, 0.3) is 5.91 Å². The molecule has 5 heteroatoms. The Morgan fingerprint density at radius 1 is 1.08 bits per heavy atom. The van der Waals surface area contributed by atoms with Gasteiger partial charge in [-0.3, -0.25) is 9.59 Å². The lowest BCUT2D eigenvalue weighted by Gasteiger charge is -2.19. The summed E-state index contributed by atoms with van der Waals surface area (Å²) in [6, 6.07) is 15.0. The fourth-order valence-corrected chi connectivity index (χ4v) is 3.52. The molecule has 4 rings (SSSR count). The molecule has 2 amide bonds. The molecule has 2 atom stereocenters. The van der Waals surface area contributed by atoms with Crippen LogP contribution in [0.25, 0.3) is 12.2 Å². The van der Waals surface area contributed by atoms with Crippen molar-refractivity contribution >= 4 is 29.7 Å². The Bertz CT molecular complexity index is 876. The highest BCUT2D eigenvalue weighted by atomic mass is 16.5. The number of amides is 2. The lowest BCUT2D eigenvalue weighted by atomic mass is 10.1. The molecule has 2 aliphatic heterocycles. The highest BCUT2D eigenvalue weighted by Crippen LogP contribution is 2.30. The van der Waals surface area contributed by atoms with Crippen molar-refractivity contribution in [3.8, 4) is 0 Å². The number of methoxy groups -OCH3 is 1. The fraction of sp³-hybridized carbons (Fsp3) is 0.238. The zero-order valence-corrected chi connectivity index (χ0v) is 14.5. The van der Waals surface area contributed by atoms with Crippen LogP contribution in [-0.2, 0) is 9.53 Å². The highest BCUT2D eigenvalue weighted by molar-refractivity contribution is 6.10. The normalized spacial score (nSPS) is 22.1. The van der Waals surface area contributed by atoms with Gasteiger partial charge in [0, 0.05) is 20.1 Å². The fourth-order valence-electron chi connectivity index (χ4n) is 3.52. The maximum atomic E-state index is 13.0. The summed E-state index contributed by atoms with van der Waals surface area (Å²) in [6.45, 7) is 0.441. The number of hydrogen-bond donors (Lipinski definition) is 1. The minimum absolute atomic E-state index is 0.0996. The Kier molecular flexibility index (Phi) is 4.31. The second-order valence-electron chi connectivity index (χ2n) is 6.61. The molecule has 0 saturated carbocycles. The van der Waals surface area contributed by atoms with Crippen LogP contribution < -0.4 is 5.32 Å². The van der Waals surface area contributed by atoms with Crippen molar-refractivity contribution in [1.82, 2.24) is 4.90 Å². The Hall–Kier alpha value is -2.92. The highest BCUT2D eigenvalue weighted by Gasteiger charge is 2.42. The monoisotopic (exact) mass is 348 g/mol. The van der Waals surface area contributed by atoms with Gasteiger partial charge in [0.1, 0.15) is 6.04 Å². The molecule has 0 aliphatic carbocycles. The number of benzene rings is 2. The largest absolute Gasteiger partial charge is 0.380 e. The van der Waals surface area contributed by atoms with E-state index in [-0.39, 0.29) is 17.9 Å². The number of ether oxygens (including phenoxy) is 1. The molecule has 0 aromatic heterocycles. The van der Waals surface area contributed by atoms with Gasteiger partial charge in [0.15, 0.2) is 0 Å². The van der Waals surface area contributed by atoms with E-state index < -0.39 is 6.04 Å². The van der Waals surface area contributed by atoms with Crippen molar-refractivity contribution in [1.29, 1.82) is 0 Å². The molecule has 2 aromatic carbocycles. The molecule has 0 spiro atoms. The molecular formula is C21H20N2O3. The molecule has 2 aromatic rings. The predicted octanol–water partition coefficient (Wildman–Crippen LogP) is 3.04. The minimum atomic E-state index is -0.469. The van der Waals surface area contributed by atoms with Crippen molar-refractivity contribution < 1.29 is 14.3 Å². The molecule has 0 bridgehead atoms. The quantitative estimate of drug-likeness (QED) is 0.868. The Morgan fingerprint density at radius 3 is 2.62 bits per heavy atom. The van der Waals surface area contributed by atoms with Crippen LogP contribution in [-0.4, -0.2) is 42.5 Å². The predicted molar refractivity (Wildman–Crippen MR) is 101 cm³/mol. The number of rotatable bonds is 3. The Labute approximate surface area is 152 Å². The number of hydrogen-bond acceptors (Lipinski definition) is 3. The van der Waals surface area contributed by atoms with Crippen LogP contribution in [0.5, 0.6) is 0 Å². The average Bonchev–Trinajstić information content (AvgIpc) is 3.08. The van der Waals surface area contributed by atoms with Crippen LogP contribution >= 0.6 is 0 Å². The van der Waals surface area contributed by atoms with Gasteiger partial charge in [-0.2, -0.15) is 0 Å². The Balaban J connectivity index is 1.65. The van der Waals surface area contributed by atoms with E-state index in [0.29, 0.717) is 24.2 Å². The first-order valence-corrected chi connectivity index (χ1v) is 8.67. The van der Waals surface area contributed by atoms with Crippen molar-refractivity contribution in [2.75, 3.05) is 19.0 Å². The van der Waals surface area contributed by atoms with E-state index in [4.69, 9.17) is 4.74 Å². The molecule has 2 unspecified atom stereocenters. The molecule has 1 fully saturated rings. The minimum Gasteiger partial charge on any atom is -0.380 e. The third kappa shape index (κ3) is 3.02. The lowest BCUT2D eigenvalue weighted by Crippen LogP contribution is -2.40. The van der Waals surface area contributed by atoms with Crippen molar-refractivity contribution in [3.63, 3.8) is 0 Å². The van der Waals surface area contributed by atoms with Gasteiger partial charge in [0.05, 0.1) is 17.4 Å².